The number of rotatable bonds is 5. The minimum atomic E-state index is -0.660. The van der Waals surface area contributed by atoms with Gasteiger partial charge < -0.3 is 43.2 Å². The number of aromatic nitrogens is 1. The number of nitrogens with one attached hydrogen (secondary N) is 2. The summed E-state index contributed by atoms with van der Waals surface area (Å²) in [5.41, 5.74) is 2.97. The van der Waals surface area contributed by atoms with Gasteiger partial charge in [-0.2, -0.15) is 23.5 Å². The van der Waals surface area contributed by atoms with Gasteiger partial charge in [0, 0.05) is 61.6 Å². The van der Waals surface area contributed by atoms with Crippen LogP contribution in [-0.4, -0.2) is 49.2 Å². The molecule has 2 aromatic carbocycles. The Morgan fingerprint density at radius 2 is 1.93 bits per heavy atom. The number of hydrogen-bond donors (Lipinski definition) is 2. The van der Waals surface area contributed by atoms with Gasteiger partial charge in [-0.05, 0) is 36.3 Å². The average molecular weight is 717 g/mol. The number of hydrogen-bond acceptors (Lipinski definition) is 7. The van der Waals surface area contributed by atoms with Gasteiger partial charge >= 0.3 is 5.97 Å². The molecular formula is C31H32N3O5Os-3. The van der Waals surface area contributed by atoms with Crippen molar-refractivity contribution in [1.82, 2.24) is 10.3 Å². The fourth-order valence-electron chi connectivity index (χ4n) is 5.19. The van der Waals surface area contributed by atoms with Crippen LogP contribution in [0.25, 0.3) is 10.9 Å². The molecule has 8 nitrogen and oxygen atoms in total. The van der Waals surface area contributed by atoms with Crippen LogP contribution in [0.15, 0.2) is 59.9 Å². The molecule has 2 aliphatic rings. The predicted molar refractivity (Wildman–Crippen MR) is 146 cm³/mol. The topological polar surface area (TPSA) is 113 Å². The molecular weight excluding hydrogens is 685 g/mol. The van der Waals surface area contributed by atoms with Crippen molar-refractivity contribution in [3.05, 3.63) is 91.0 Å². The molecule has 40 heavy (non-hydrogen) atoms. The van der Waals surface area contributed by atoms with Gasteiger partial charge in [0.15, 0.2) is 0 Å². The van der Waals surface area contributed by atoms with Crippen molar-refractivity contribution in [1.29, 1.82) is 5.26 Å². The van der Waals surface area contributed by atoms with E-state index in [2.05, 4.69) is 36.3 Å². The van der Waals surface area contributed by atoms with Gasteiger partial charge in [-0.25, -0.2) is 4.79 Å². The first-order chi connectivity index (χ1) is 18.8. The molecule has 3 unspecified atom stereocenters. The smallest absolute Gasteiger partial charge is 0.336 e. The molecule has 3 aromatic rings. The van der Waals surface area contributed by atoms with Crippen LogP contribution in [0.4, 0.5) is 0 Å². The van der Waals surface area contributed by atoms with Crippen molar-refractivity contribution in [3.63, 3.8) is 0 Å². The van der Waals surface area contributed by atoms with E-state index in [0.717, 1.165) is 16.7 Å². The van der Waals surface area contributed by atoms with Crippen molar-refractivity contribution in [3.8, 4) is 11.8 Å². The summed E-state index contributed by atoms with van der Waals surface area (Å²) in [6.45, 7) is 10.7. The van der Waals surface area contributed by atoms with Gasteiger partial charge in [-0.1, -0.05) is 12.1 Å². The third-order valence-electron chi connectivity index (χ3n) is 7.06. The molecule has 0 bridgehead atoms. The molecule has 1 saturated heterocycles. The fraction of sp³-hybridized carbons (Fsp3) is 0.323. The SMILES string of the molecule is COc1[c-]cccc1.[CH2-]C(=O)C1C([CH2-])NC(C)=C(C(=O)OC2CCOCC2)C1c1ccc(C#N)c2[nH]ccc12.[Os]. The summed E-state index contributed by atoms with van der Waals surface area (Å²) >= 11 is 0. The van der Waals surface area contributed by atoms with Crippen LogP contribution >= 0.6 is 0 Å². The number of aromatic amines is 1. The number of esters is 1. The summed E-state index contributed by atoms with van der Waals surface area (Å²) in [5.74, 6) is -1.23. The number of benzene rings is 2. The molecule has 3 atom stereocenters. The Hall–Kier alpha value is -3.58. The second-order valence-corrected chi connectivity index (χ2v) is 9.49. The van der Waals surface area contributed by atoms with Crippen LogP contribution in [0.2, 0.25) is 0 Å². The van der Waals surface area contributed by atoms with E-state index in [-0.39, 0.29) is 31.7 Å². The maximum Gasteiger partial charge on any atom is 0.336 e. The first-order valence-electron chi connectivity index (χ1n) is 12.8. The molecule has 0 aliphatic carbocycles. The zero-order valence-electron chi connectivity index (χ0n) is 22.5. The zero-order chi connectivity index (χ0) is 27.9. The van der Waals surface area contributed by atoms with Crippen molar-refractivity contribution in [2.75, 3.05) is 20.3 Å². The number of methoxy groups -OCH3 is 1. The fourth-order valence-corrected chi connectivity index (χ4v) is 5.19. The van der Waals surface area contributed by atoms with Crippen molar-refractivity contribution >= 4 is 22.7 Å². The predicted octanol–water partition coefficient (Wildman–Crippen LogP) is 4.44. The van der Waals surface area contributed by atoms with Gasteiger partial charge in [0.25, 0.3) is 0 Å². The Morgan fingerprint density at radius 3 is 2.52 bits per heavy atom. The number of H-pyrrole nitrogens is 1. The molecule has 0 amide bonds. The molecule has 2 aliphatic heterocycles. The van der Waals surface area contributed by atoms with Gasteiger partial charge in [-0.15, -0.1) is 12.1 Å². The van der Waals surface area contributed by atoms with Gasteiger partial charge in [-0.3, -0.25) is 0 Å². The molecule has 3 heterocycles. The van der Waals surface area contributed by atoms with E-state index in [4.69, 9.17) is 14.2 Å². The summed E-state index contributed by atoms with van der Waals surface area (Å²) in [4.78, 5) is 29.1. The summed E-state index contributed by atoms with van der Waals surface area (Å²) in [6.07, 6.45) is 2.81. The number of carbonyl (C=O) groups is 2. The van der Waals surface area contributed by atoms with Crippen molar-refractivity contribution < 1.29 is 43.6 Å². The van der Waals surface area contributed by atoms with E-state index in [1.54, 1.807) is 26.3 Å². The summed E-state index contributed by atoms with van der Waals surface area (Å²) in [7, 11) is 1.63. The van der Waals surface area contributed by atoms with Crippen LogP contribution in [0, 0.1) is 37.2 Å². The van der Waals surface area contributed by atoms with Crippen LogP contribution in [0.3, 0.4) is 0 Å². The first kappa shape index (κ1) is 31.0. The maximum atomic E-state index is 13.4. The van der Waals surface area contributed by atoms with Crippen molar-refractivity contribution in [2.45, 2.75) is 37.8 Å². The second kappa shape index (κ2) is 14.2. The molecule has 0 spiro atoms. The number of fused-ring (bicyclic) bond motifs is 1. The average Bonchev–Trinajstić information content (AvgIpc) is 3.43. The maximum absolute atomic E-state index is 13.4. The van der Waals surface area contributed by atoms with Gasteiger partial charge in [0.05, 0.1) is 37.0 Å². The summed E-state index contributed by atoms with van der Waals surface area (Å²) in [5, 5.41) is 13.4. The molecule has 0 saturated carbocycles. The third-order valence-corrected chi connectivity index (χ3v) is 7.06. The number of nitrogens with zero attached hydrogens (tertiary/aromatic N) is 1. The van der Waals surface area contributed by atoms with E-state index < -0.39 is 23.8 Å². The normalized spacial score (nSPS) is 20.7. The second-order valence-electron chi connectivity index (χ2n) is 9.49. The van der Waals surface area contributed by atoms with Crippen molar-refractivity contribution in [2.24, 2.45) is 5.92 Å². The van der Waals surface area contributed by atoms with E-state index in [1.807, 2.05) is 36.4 Å². The van der Waals surface area contributed by atoms with E-state index >= 15 is 0 Å². The number of Topliss-reactive ketones (excluding diaryl/α,β-unsaturated/α-hetero) is 1. The number of ketones is 1. The number of ether oxygens (including phenoxy) is 3. The van der Waals surface area contributed by atoms with Crippen LogP contribution in [0.1, 0.15) is 36.8 Å². The van der Waals surface area contributed by atoms with E-state index in [9.17, 15) is 14.9 Å². The number of para-hydroxylation sites is 1. The standard InChI is InChI=1S/C24H25N3O4.C7H7O.Os/c1-13-20(15(3)28)22(18-5-4-16(12-25)23-19(18)6-9-26-23)21(14(2)27-13)24(29)31-17-7-10-30-11-8-17;1-8-7-5-3-2-4-6-7;/h4-6,9,13,17,20,22,26-27H,1,3,7-8,10-11H2,2H3;2-5H,1H3;/q-2;-1;. The van der Waals surface area contributed by atoms with Gasteiger partial charge in [0.1, 0.15) is 12.2 Å². The first-order valence-corrected chi connectivity index (χ1v) is 12.8. The molecule has 2 N–H and O–H groups in total. The Bertz CT molecular complexity index is 1390. The molecule has 1 fully saturated rings. The Morgan fingerprint density at radius 1 is 1.18 bits per heavy atom. The summed E-state index contributed by atoms with van der Waals surface area (Å²) < 4.78 is 16.0. The van der Waals surface area contributed by atoms with E-state index in [0.29, 0.717) is 48.4 Å². The quantitative estimate of drug-likeness (QED) is 0.297. The number of nitriles is 1. The minimum absolute atomic E-state index is 0. The Kier molecular flexibility index (Phi) is 11.0. The zero-order valence-corrected chi connectivity index (χ0v) is 25.1. The minimum Gasteiger partial charge on any atom is -0.523 e. The molecule has 5 rings (SSSR count). The number of allylic oxidation sites excluding steroid dienone is 1. The number of carbonyl (C=O) groups excluding carboxylic acids is 2. The molecule has 1 aromatic heterocycles. The van der Waals surface area contributed by atoms with Crippen LogP contribution < -0.4 is 10.1 Å². The molecule has 0 radical (unpaired) electrons. The van der Waals surface area contributed by atoms with E-state index in [1.165, 1.54) is 0 Å². The van der Waals surface area contributed by atoms with Crippen LogP contribution in [-0.2, 0) is 38.9 Å². The van der Waals surface area contributed by atoms with Gasteiger partial charge in [0.2, 0.25) is 0 Å². The molecule has 212 valence electrons. The Labute approximate surface area is 248 Å². The largest absolute Gasteiger partial charge is 0.523 e. The van der Waals surface area contributed by atoms with Crippen LogP contribution in [0.5, 0.6) is 5.75 Å². The summed E-state index contributed by atoms with van der Waals surface area (Å²) in [6, 6.07) is 17.5. The monoisotopic (exact) mass is 718 g/mol. The Balaban J connectivity index is 0.000000423. The third kappa shape index (κ3) is 6.76. The molecule has 9 heteroatoms.